The van der Waals surface area contributed by atoms with Gasteiger partial charge < -0.3 is 15.2 Å². The summed E-state index contributed by atoms with van der Waals surface area (Å²) >= 11 is 11.6. The van der Waals surface area contributed by atoms with Gasteiger partial charge in [0.25, 0.3) is 0 Å². The van der Waals surface area contributed by atoms with Crippen molar-refractivity contribution in [2.75, 3.05) is 20.0 Å². The van der Waals surface area contributed by atoms with Crippen LogP contribution < -0.4 is 15.2 Å². The second-order valence-electron chi connectivity index (χ2n) is 2.32. The molecule has 72 valence electrons. The Morgan fingerprint density at radius 3 is 1.77 bits per heavy atom. The zero-order valence-corrected chi connectivity index (χ0v) is 8.74. The second-order valence-corrected chi connectivity index (χ2v) is 3.13. The molecule has 0 unspecified atom stereocenters. The van der Waals surface area contributed by atoms with E-state index in [-0.39, 0.29) is 0 Å². The van der Waals surface area contributed by atoms with Gasteiger partial charge in [0.05, 0.1) is 24.3 Å². The second kappa shape index (κ2) is 3.94. The number of rotatable bonds is 2. The van der Waals surface area contributed by atoms with Crippen molar-refractivity contribution in [2.45, 2.75) is 0 Å². The summed E-state index contributed by atoms with van der Waals surface area (Å²) in [7, 11) is 2.95. The van der Waals surface area contributed by atoms with Crippen LogP contribution in [0.5, 0.6) is 11.5 Å². The van der Waals surface area contributed by atoms with Crippen molar-refractivity contribution in [1.29, 1.82) is 0 Å². The highest BCUT2D eigenvalue weighted by Crippen LogP contribution is 2.42. The van der Waals surface area contributed by atoms with Crippen LogP contribution in [0.1, 0.15) is 0 Å². The van der Waals surface area contributed by atoms with Gasteiger partial charge in [0.15, 0.2) is 11.5 Å². The Balaban J connectivity index is 3.39. The number of hydrogen-bond acceptors (Lipinski definition) is 3. The molecule has 0 saturated heterocycles. The highest BCUT2D eigenvalue weighted by molar-refractivity contribution is 6.37. The van der Waals surface area contributed by atoms with Gasteiger partial charge in [-0.1, -0.05) is 23.2 Å². The van der Waals surface area contributed by atoms with Crippen LogP contribution in [0.4, 0.5) is 5.69 Å². The van der Waals surface area contributed by atoms with Crippen molar-refractivity contribution in [3.05, 3.63) is 16.1 Å². The van der Waals surface area contributed by atoms with Gasteiger partial charge in [-0.2, -0.15) is 0 Å². The number of ether oxygens (including phenoxy) is 2. The molecule has 0 radical (unpaired) electrons. The topological polar surface area (TPSA) is 44.5 Å². The van der Waals surface area contributed by atoms with Gasteiger partial charge in [-0.05, 0) is 6.07 Å². The van der Waals surface area contributed by atoms with Gasteiger partial charge in [0, 0.05) is 0 Å². The lowest BCUT2D eigenvalue weighted by Gasteiger charge is -2.12. The van der Waals surface area contributed by atoms with Crippen molar-refractivity contribution in [3.63, 3.8) is 0 Å². The van der Waals surface area contributed by atoms with Gasteiger partial charge in [-0.15, -0.1) is 0 Å². The fraction of sp³-hybridized carbons (Fsp3) is 0.250. The number of benzene rings is 1. The van der Waals surface area contributed by atoms with Crippen LogP contribution in [0.15, 0.2) is 6.07 Å². The fourth-order valence-electron chi connectivity index (χ4n) is 1.02. The normalized spacial score (nSPS) is 9.85. The highest BCUT2D eigenvalue weighted by Gasteiger charge is 2.14. The van der Waals surface area contributed by atoms with Crippen LogP contribution in [0.3, 0.4) is 0 Å². The first-order valence-corrected chi connectivity index (χ1v) is 4.22. The summed E-state index contributed by atoms with van der Waals surface area (Å²) < 4.78 is 9.96. The Bertz CT molecular complexity index is 300. The molecule has 1 aromatic carbocycles. The van der Waals surface area contributed by atoms with Gasteiger partial charge >= 0.3 is 0 Å². The third-order valence-electron chi connectivity index (χ3n) is 1.58. The van der Waals surface area contributed by atoms with E-state index in [1.165, 1.54) is 20.3 Å². The van der Waals surface area contributed by atoms with Gasteiger partial charge in [0.2, 0.25) is 0 Å². The molecule has 0 aliphatic heterocycles. The molecule has 0 aliphatic rings. The summed E-state index contributed by atoms with van der Waals surface area (Å²) in [6.45, 7) is 0. The Hall–Kier alpha value is -0.800. The standard InChI is InChI=1S/C8H9Cl2NO2/c1-12-7-4(9)3-5(10)8(13-2)6(7)11/h3H,11H2,1-2H3. The van der Waals surface area contributed by atoms with Crippen LogP contribution >= 0.6 is 23.2 Å². The number of anilines is 1. The number of nitrogens with two attached hydrogens (primary N) is 1. The van der Waals surface area contributed by atoms with Crippen molar-refractivity contribution < 1.29 is 9.47 Å². The molecule has 0 heterocycles. The summed E-state index contributed by atoms with van der Waals surface area (Å²) in [4.78, 5) is 0. The van der Waals surface area contributed by atoms with Crippen LogP contribution in [0.25, 0.3) is 0 Å². The third kappa shape index (κ3) is 1.76. The summed E-state index contributed by atoms with van der Waals surface area (Å²) in [6.07, 6.45) is 0. The van der Waals surface area contributed by atoms with E-state index in [2.05, 4.69) is 0 Å². The molecule has 0 aliphatic carbocycles. The Kier molecular flexibility index (Phi) is 3.12. The van der Waals surface area contributed by atoms with E-state index in [4.69, 9.17) is 38.4 Å². The molecule has 0 spiro atoms. The highest BCUT2D eigenvalue weighted by atomic mass is 35.5. The SMILES string of the molecule is COc1c(Cl)cc(Cl)c(OC)c1N. The van der Waals surface area contributed by atoms with Crippen LogP contribution in [-0.2, 0) is 0 Å². The molecule has 0 aromatic heterocycles. The van der Waals surface area contributed by atoms with E-state index in [1.54, 1.807) is 0 Å². The summed E-state index contributed by atoms with van der Waals surface area (Å²) in [6, 6.07) is 1.52. The zero-order chi connectivity index (χ0) is 10.0. The number of halogens is 2. The van der Waals surface area contributed by atoms with Gasteiger partial charge in [-0.3, -0.25) is 0 Å². The Morgan fingerprint density at radius 2 is 1.46 bits per heavy atom. The quantitative estimate of drug-likeness (QED) is 0.782. The molecule has 2 N–H and O–H groups in total. The minimum Gasteiger partial charge on any atom is -0.493 e. The largest absolute Gasteiger partial charge is 0.493 e. The number of hydrogen-bond donors (Lipinski definition) is 1. The molecule has 0 saturated carbocycles. The number of methoxy groups -OCH3 is 2. The minimum absolute atomic E-state index is 0.308. The molecule has 13 heavy (non-hydrogen) atoms. The van der Waals surface area contributed by atoms with Crippen molar-refractivity contribution >= 4 is 28.9 Å². The predicted molar refractivity (Wildman–Crippen MR) is 54.0 cm³/mol. The molecule has 0 bridgehead atoms. The summed E-state index contributed by atoms with van der Waals surface area (Å²) in [5, 5.41) is 0.733. The average molecular weight is 222 g/mol. The molecular formula is C8H9Cl2NO2. The molecule has 5 heteroatoms. The van der Waals surface area contributed by atoms with Crippen molar-refractivity contribution in [1.82, 2.24) is 0 Å². The molecule has 0 amide bonds. The van der Waals surface area contributed by atoms with Gasteiger partial charge in [0.1, 0.15) is 5.69 Å². The lowest BCUT2D eigenvalue weighted by atomic mass is 10.2. The van der Waals surface area contributed by atoms with Crippen LogP contribution in [0.2, 0.25) is 10.0 Å². The van der Waals surface area contributed by atoms with E-state index in [1.807, 2.05) is 0 Å². The van der Waals surface area contributed by atoms with E-state index >= 15 is 0 Å². The van der Waals surface area contributed by atoms with Crippen molar-refractivity contribution in [2.24, 2.45) is 0 Å². The summed E-state index contributed by atoms with van der Waals surface area (Å²) in [5.74, 6) is 0.755. The molecular weight excluding hydrogens is 213 g/mol. The zero-order valence-electron chi connectivity index (χ0n) is 7.23. The summed E-state index contributed by atoms with van der Waals surface area (Å²) in [5.41, 5.74) is 6.00. The minimum atomic E-state index is 0.308. The van der Waals surface area contributed by atoms with Crippen LogP contribution in [0, 0.1) is 0 Å². The Morgan fingerprint density at radius 1 is 1.08 bits per heavy atom. The Labute approximate surface area is 86.3 Å². The maximum atomic E-state index is 5.82. The lowest BCUT2D eigenvalue weighted by Crippen LogP contribution is -1.97. The molecule has 0 fully saturated rings. The lowest BCUT2D eigenvalue weighted by molar-refractivity contribution is 0.398. The van der Waals surface area contributed by atoms with E-state index in [0.717, 1.165) is 0 Å². The van der Waals surface area contributed by atoms with E-state index in [9.17, 15) is 0 Å². The fourth-order valence-corrected chi connectivity index (χ4v) is 1.65. The van der Waals surface area contributed by atoms with Gasteiger partial charge in [-0.25, -0.2) is 0 Å². The van der Waals surface area contributed by atoms with E-state index in [0.29, 0.717) is 27.2 Å². The smallest absolute Gasteiger partial charge is 0.164 e. The van der Waals surface area contributed by atoms with E-state index < -0.39 is 0 Å². The predicted octanol–water partition coefficient (Wildman–Crippen LogP) is 2.59. The molecule has 1 aromatic rings. The first-order chi connectivity index (χ1) is 6.11. The first kappa shape index (κ1) is 10.3. The monoisotopic (exact) mass is 221 g/mol. The molecule has 1 rings (SSSR count). The molecule has 0 atom stereocenters. The van der Waals surface area contributed by atoms with Crippen LogP contribution in [-0.4, -0.2) is 14.2 Å². The van der Waals surface area contributed by atoms with Crippen molar-refractivity contribution in [3.8, 4) is 11.5 Å². The first-order valence-electron chi connectivity index (χ1n) is 3.47. The average Bonchev–Trinajstić information content (AvgIpc) is 2.04. The molecule has 3 nitrogen and oxygen atoms in total. The maximum absolute atomic E-state index is 5.82. The maximum Gasteiger partial charge on any atom is 0.164 e. The third-order valence-corrected chi connectivity index (χ3v) is 2.15. The number of nitrogen functional groups attached to an aromatic ring is 1.